The summed E-state index contributed by atoms with van der Waals surface area (Å²) in [5.41, 5.74) is 8.41. The van der Waals surface area contributed by atoms with Crippen molar-refractivity contribution in [2.24, 2.45) is 12.2 Å². The Morgan fingerprint density at radius 3 is 2.83 bits per heavy atom. The standard InChI is InChI=1S/C8H11N3O/c1-6-3-4-8(12)7(5-10-9)11(6)2/h3-4,9H,5H2,1-2H3/p+1. The van der Waals surface area contributed by atoms with Crippen molar-refractivity contribution in [3.05, 3.63) is 23.5 Å². The van der Waals surface area contributed by atoms with E-state index in [4.69, 9.17) is 5.53 Å². The van der Waals surface area contributed by atoms with Crippen LogP contribution in [0, 0.1) is 12.5 Å². The number of aryl methyl sites for hydroxylation is 1. The van der Waals surface area contributed by atoms with Gasteiger partial charge < -0.3 is 5.11 Å². The van der Waals surface area contributed by atoms with Crippen LogP contribution in [0.1, 0.15) is 11.4 Å². The molecule has 4 heteroatoms. The van der Waals surface area contributed by atoms with E-state index in [9.17, 15) is 5.11 Å². The van der Waals surface area contributed by atoms with Crippen LogP contribution in [-0.4, -0.2) is 5.11 Å². The Labute approximate surface area is 71.0 Å². The minimum Gasteiger partial charge on any atom is -0.502 e. The van der Waals surface area contributed by atoms with Crippen molar-refractivity contribution in [1.82, 2.24) is 0 Å². The highest BCUT2D eigenvalue weighted by atomic mass is 16.3. The van der Waals surface area contributed by atoms with Crippen molar-refractivity contribution < 1.29 is 9.67 Å². The zero-order valence-electron chi connectivity index (χ0n) is 7.20. The molecular weight excluding hydrogens is 154 g/mol. The van der Waals surface area contributed by atoms with Gasteiger partial charge in [-0.3, -0.25) is 0 Å². The van der Waals surface area contributed by atoms with Crippen LogP contribution in [0.2, 0.25) is 0 Å². The van der Waals surface area contributed by atoms with E-state index in [0.29, 0.717) is 5.69 Å². The second-order valence-corrected chi connectivity index (χ2v) is 2.68. The van der Waals surface area contributed by atoms with Crippen LogP contribution in [0.4, 0.5) is 0 Å². The Kier molecular flexibility index (Phi) is 2.38. The number of aromatic nitrogens is 1. The molecule has 0 radical (unpaired) electrons. The molecule has 0 spiro atoms. The molecule has 0 aromatic carbocycles. The Hall–Kier alpha value is -1.45. The van der Waals surface area contributed by atoms with Crippen molar-refractivity contribution in [2.45, 2.75) is 13.5 Å². The molecule has 1 heterocycles. The van der Waals surface area contributed by atoms with Gasteiger partial charge in [0.25, 0.3) is 0 Å². The molecule has 0 atom stereocenters. The predicted octanol–water partition coefficient (Wildman–Crippen LogP) is 1.06. The summed E-state index contributed by atoms with van der Waals surface area (Å²) in [6.07, 6.45) is 0. The first-order valence-corrected chi connectivity index (χ1v) is 3.67. The van der Waals surface area contributed by atoms with Crippen LogP contribution in [0.15, 0.2) is 17.2 Å². The van der Waals surface area contributed by atoms with E-state index in [1.807, 2.05) is 24.6 Å². The van der Waals surface area contributed by atoms with Gasteiger partial charge in [0.2, 0.25) is 5.69 Å². The molecule has 1 rings (SSSR count). The summed E-state index contributed by atoms with van der Waals surface area (Å²) in [5.74, 6) is 0.194. The maximum absolute atomic E-state index is 9.38. The van der Waals surface area contributed by atoms with Crippen molar-refractivity contribution >= 4 is 0 Å². The lowest BCUT2D eigenvalue weighted by Gasteiger charge is -2.00. The molecule has 12 heavy (non-hydrogen) atoms. The highest BCUT2D eigenvalue weighted by molar-refractivity contribution is 5.22. The second-order valence-electron chi connectivity index (χ2n) is 2.68. The van der Waals surface area contributed by atoms with Crippen LogP contribution in [0.25, 0.3) is 0 Å². The average Bonchev–Trinajstić information content (AvgIpc) is 2.06. The van der Waals surface area contributed by atoms with E-state index in [1.54, 1.807) is 6.07 Å². The van der Waals surface area contributed by atoms with E-state index in [1.165, 1.54) is 0 Å². The average molecular weight is 166 g/mol. The predicted molar refractivity (Wildman–Crippen MR) is 42.9 cm³/mol. The van der Waals surface area contributed by atoms with Gasteiger partial charge in [-0.05, 0) is 6.07 Å². The molecule has 64 valence electrons. The van der Waals surface area contributed by atoms with E-state index >= 15 is 0 Å². The SMILES string of the molecule is Cc1ccc(O)c(CN=N)[n+]1C. The summed E-state index contributed by atoms with van der Waals surface area (Å²) in [6, 6.07) is 3.44. The lowest BCUT2D eigenvalue weighted by Crippen LogP contribution is -2.36. The molecule has 0 aliphatic rings. The lowest BCUT2D eigenvalue weighted by molar-refractivity contribution is -0.685. The summed E-state index contributed by atoms with van der Waals surface area (Å²) in [5, 5.41) is 12.6. The Balaban J connectivity index is 3.22. The molecule has 0 aliphatic carbocycles. The molecule has 0 saturated heterocycles. The van der Waals surface area contributed by atoms with E-state index in [2.05, 4.69) is 5.11 Å². The summed E-state index contributed by atoms with van der Waals surface area (Å²) in [7, 11) is 1.84. The zero-order chi connectivity index (χ0) is 9.14. The molecule has 0 saturated carbocycles. The third-order valence-corrected chi connectivity index (χ3v) is 1.94. The van der Waals surface area contributed by atoms with Gasteiger partial charge in [-0.25, -0.2) is 5.53 Å². The van der Waals surface area contributed by atoms with Crippen molar-refractivity contribution in [3.63, 3.8) is 0 Å². The van der Waals surface area contributed by atoms with Gasteiger partial charge in [-0.1, -0.05) is 0 Å². The molecule has 0 amide bonds. The zero-order valence-corrected chi connectivity index (χ0v) is 7.20. The monoisotopic (exact) mass is 166 g/mol. The maximum Gasteiger partial charge on any atom is 0.246 e. The Bertz CT molecular complexity index is 309. The van der Waals surface area contributed by atoms with Crippen LogP contribution < -0.4 is 4.57 Å². The summed E-state index contributed by atoms with van der Waals surface area (Å²) < 4.78 is 1.83. The molecule has 0 aliphatic heterocycles. The molecule has 0 bridgehead atoms. The van der Waals surface area contributed by atoms with E-state index in [-0.39, 0.29) is 12.3 Å². The van der Waals surface area contributed by atoms with Gasteiger partial charge in [0.15, 0.2) is 11.4 Å². The topological polar surface area (TPSA) is 60.3 Å². The lowest BCUT2D eigenvalue weighted by atomic mass is 10.2. The van der Waals surface area contributed by atoms with E-state index in [0.717, 1.165) is 5.69 Å². The molecule has 0 fully saturated rings. The fourth-order valence-electron chi connectivity index (χ4n) is 1.05. The third-order valence-electron chi connectivity index (χ3n) is 1.94. The molecular formula is C8H12N3O+. The number of rotatable bonds is 2. The fourth-order valence-corrected chi connectivity index (χ4v) is 1.05. The number of nitrogens with one attached hydrogen (secondary N) is 1. The smallest absolute Gasteiger partial charge is 0.246 e. The minimum atomic E-state index is 0.194. The van der Waals surface area contributed by atoms with Crippen molar-refractivity contribution in [3.8, 4) is 5.75 Å². The Morgan fingerprint density at radius 1 is 1.58 bits per heavy atom. The van der Waals surface area contributed by atoms with Gasteiger partial charge in [-0.15, -0.1) is 0 Å². The van der Waals surface area contributed by atoms with Gasteiger partial charge in [0.1, 0.15) is 13.6 Å². The number of aromatic hydroxyl groups is 1. The summed E-state index contributed by atoms with van der Waals surface area (Å²) in [4.78, 5) is 0. The van der Waals surface area contributed by atoms with Gasteiger partial charge in [0, 0.05) is 13.0 Å². The van der Waals surface area contributed by atoms with Gasteiger partial charge in [0.05, 0.1) is 0 Å². The maximum atomic E-state index is 9.38. The molecule has 4 nitrogen and oxygen atoms in total. The summed E-state index contributed by atoms with van der Waals surface area (Å²) >= 11 is 0. The number of hydrogen-bond donors (Lipinski definition) is 2. The number of hydrogen-bond acceptors (Lipinski definition) is 3. The number of pyridine rings is 1. The minimum absolute atomic E-state index is 0.194. The van der Waals surface area contributed by atoms with Gasteiger partial charge in [-0.2, -0.15) is 9.68 Å². The van der Waals surface area contributed by atoms with Crippen molar-refractivity contribution in [2.75, 3.05) is 0 Å². The fraction of sp³-hybridized carbons (Fsp3) is 0.375. The third kappa shape index (κ3) is 1.42. The van der Waals surface area contributed by atoms with Crippen LogP contribution in [0.5, 0.6) is 5.75 Å². The molecule has 0 unspecified atom stereocenters. The summed E-state index contributed by atoms with van der Waals surface area (Å²) in [6.45, 7) is 2.16. The van der Waals surface area contributed by atoms with Crippen molar-refractivity contribution in [1.29, 1.82) is 5.53 Å². The number of nitrogens with zero attached hydrogens (tertiary/aromatic N) is 2. The first-order valence-electron chi connectivity index (χ1n) is 3.67. The second kappa shape index (κ2) is 3.30. The molecule has 2 N–H and O–H groups in total. The molecule has 1 aromatic rings. The Morgan fingerprint density at radius 2 is 2.25 bits per heavy atom. The van der Waals surface area contributed by atoms with Crippen LogP contribution in [-0.2, 0) is 13.6 Å². The molecule has 1 aromatic heterocycles. The first-order chi connectivity index (χ1) is 5.66. The first kappa shape index (κ1) is 8.64. The van der Waals surface area contributed by atoms with Crippen LogP contribution >= 0.6 is 0 Å². The van der Waals surface area contributed by atoms with E-state index < -0.39 is 0 Å². The van der Waals surface area contributed by atoms with Crippen LogP contribution in [0.3, 0.4) is 0 Å². The quantitative estimate of drug-likeness (QED) is 0.500. The normalized spacial score (nSPS) is 9.83. The highest BCUT2D eigenvalue weighted by Gasteiger charge is 2.13. The van der Waals surface area contributed by atoms with Gasteiger partial charge >= 0.3 is 0 Å². The largest absolute Gasteiger partial charge is 0.502 e. The highest BCUT2D eigenvalue weighted by Crippen LogP contribution is 2.13.